The molecule has 2 heterocycles. The van der Waals surface area contributed by atoms with Crippen LogP contribution in [0.5, 0.6) is 0 Å². The lowest BCUT2D eigenvalue weighted by molar-refractivity contribution is 0.439. The molecule has 1 aromatic carbocycles. The molecule has 0 unspecified atom stereocenters. The van der Waals surface area contributed by atoms with Crippen LogP contribution in [0.3, 0.4) is 0 Å². The normalized spacial score (nSPS) is 10.9. The van der Waals surface area contributed by atoms with Gasteiger partial charge in [-0.05, 0) is 6.07 Å². The molecule has 2 aromatic heterocycles. The van der Waals surface area contributed by atoms with Gasteiger partial charge in [-0.25, -0.2) is 4.98 Å². The fourth-order valence-electron chi connectivity index (χ4n) is 1.50. The Morgan fingerprint density at radius 1 is 1.33 bits per heavy atom. The summed E-state index contributed by atoms with van der Waals surface area (Å²) in [6, 6.07) is 7.62. The van der Waals surface area contributed by atoms with E-state index in [1.54, 1.807) is 17.4 Å². The van der Waals surface area contributed by atoms with Gasteiger partial charge in [-0.3, -0.25) is 0 Å². The van der Waals surface area contributed by atoms with Gasteiger partial charge in [0.25, 0.3) is 0 Å². The van der Waals surface area contributed by atoms with Crippen molar-refractivity contribution < 1.29 is 4.52 Å². The van der Waals surface area contributed by atoms with E-state index in [4.69, 9.17) is 10.3 Å². The third kappa shape index (κ3) is 1.28. The topological polar surface area (TPSA) is 64.9 Å². The lowest BCUT2D eigenvalue weighted by atomic mass is 10.1. The van der Waals surface area contributed by atoms with Gasteiger partial charge in [0.1, 0.15) is 5.69 Å². The maximum absolute atomic E-state index is 5.49. The van der Waals surface area contributed by atoms with Crippen molar-refractivity contribution in [3.63, 3.8) is 0 Å². The standard InChI is InChI=1S/C10H7N3OS/c11-9-4-8(13-14-9)6-2-1-3-7-10(6)15-5-12-7/h1-5H,11H2. The van der Waals surface area contributed by atoms with E-state index < -0.39 is 0 Å². The highest BCUT2D eigenvalue weighted by atomic mass is 32.1. The van der Waals surface area contributed by atoms with E-state index >= 15 is 0 Å². The van der Waals surface area contributed by atoms with Crippen molar-refractivity contribution in [2.45, 2.75) is 0 Å². The van der Waals surface area contributed by atoms with Crippen molar-refractivity contribution in [2.75, 3.05) is 5.73 Å². The number of nitrogens with two attached hydrogens (primary N) is 1. The molecule has 0 saturated heterocycles. The number of fused-ring (bicyclic) bond motifs is 1. The Morgan fingerprint density at radius 2 is 2.27 bits per heavy atom. The van der Waals surface area contributed by atoms with Gasteiger partial charge in [0.15, 0.2) is 0 Å². The number of thiazole rings is 1. The predicted octanol–water partition coefficient (Wildman–Crippen LogP) is 2.53. The second-order valence-corrected chi connectivity index (χ2v) is 3.98. The Hall–Kier alpha value is -1.88. The molecule has 0 radical (unpaired) electrons. The number of nitrogens with zero attached hydrogens (tertiary/aromatic N) is 2. The molecule has 3 aromatic rings. The molecule has 0 saturated carbocycles. The van der Waals surface area contributed by atoms with Crippen LogP contribution in [0.2, 0.25) is 0 Å². The number of hydrogen-bond donors (Lipinski definition) is 1. The lowest BCUT2D eigenvalue weighted by Gasteiger charge is -1.95. The summed E-state index contributed by atoms with van der Waals surface area (Å²) in [4.78, 5) is 4.24. The van der Waals surface area contributed by atoms with Gasteiger partial charge < -0.3 is 10.3 Å². The second-order valence-electron chi connectivity index (χ2n) is 3.12. The van der Waals surface area contributed by atoms with Crippen LogP contribution in [0.15, 0.2) is 34.3 Å². The lowest BCUT2D eigenvalue weighted by Crippen LogP contribution is -1.78. The molecule has 0 atom stereocenters. The molecular formula is C10H7N3OS. The van der Waals surface area contributed by atoms with E-state index in [-0.39, 0.29) is 0 Å². The summed E-state index contributed by atoms with van der Waals surface area (Å²) in [5.41, 5.74) is 10.0. The van der Waals surface area contributed by atoms with Gasteiger partial charge in [0.05, 0.1) is 15.7 Å². The smallest absolute Gasteiger partial charge is 0.222 e. The molecule has 0 fully saturated rings. The fourth-order valence-corrected chi connectivity index (χ4v) is 2.32. The van der Waals surface area contributed by atoms with E-state index in [9.17, 15) is 0 Å². The SMILES string of the molecule is Nc1cc(-c2cccc3ncsc23)no1. The van der Waals surface area contributed by atoms with Crippen molar-refractivity contribution in [2.24, 2.45) is 0 Å². The fraction of sp³-hybridized carbons (Fsp3) is 0. The molecule has 0 bridgehead atoms. The highest BCUT2D eigenvalue weighted by molar-refractivity contribution is 7.17. The van der Waals surface area contributed by atoms with Gasteiger partial charge in [-0.2, -0.15) is 0 Å². The number of rotatable bonds is 1. The molecule has 15 heavy (non-hydrogen) atoms. The third-order valence-corrected chi connectivity index (χ3v) is 3.04. The first-order valence-electron chi connectivity index (χ1n) is 4.39. The maximum atomic E-state index is 5.49. The third-order valence-electron chi connectivity index (χ3n) is 2.16. The number of anilines is 1. The summed E-state index contributed by atoms with van der Waals surface area (Å²) >= 11 is 1.58. The first-order valence-corrected chi connectivity index (χ1v) is 5.27. The molecule has 0 amide bonds. The van der Waals surface area contributed by atoms with Crippen LogP contribution in [0.4, 0.5) is 5.88 Å². The minimum atomic E-state index is 0.325. The largest absolute Gasteiger partial charge is 0.368 e. The van der Waals surface area contributed by atoms with Crippen molar-refractivity contribution >= 4 is 27.4 Å². The minimum Gasteiger partial charge on any atom is -0.368 e. The molecule has 3 rings (SSSR count). The van der Waals surface area contributed by atoms with Crippen LogP contribution in [0, 0.1) is 0 Å². The summed E-state index contributed by atoms with van der Waals surface area (Å²) in [7, 11) is 0. The molecule has 4 nitrogen and oxygen atoms in total. The van der Waals surface area contributed by atoms with Crippen molar-refractivity contribution in [1.29, 1.82) is 0 Å². The second kappa shape index (κ2) is 3.06. The van der Waals surface area contributed by atoms with Crippen LogP contribution in [-0.4, -0.2) is 10.1 Å². The molecule has 0 aliphatic heterocycles. The zero-order valence-electron chi connectivity index (χ0n) is 7.68. The van der Waals surface area contributed by atoms with Crippen LogP contribution < -0.4 is 5.73 Å². The van der Waals surface area contributed by atoms with Crippen molar-refractivity contribution in [1.82, 2.24) is 10.1 Å². The van der Waals surface area contributed by atoms with Gasteiger partial charge in [0, 0.05) is 11.6 Å². The zero-order chi connectivity index (χ0) is 10.3. The Balaban J connectivity index is 2.30. The molecule has 0 spiro atoms. The summed E-state index contributed by atoms with van der Waals surface area (Å²) in [6.07, 6.45) is 0. The number of aromatic nitrogens is 2. The van der Waals surface area contributed by atoms with E-state index in [1.165, 1.54) is 0 Å². The Labute approximate surface area is 89.3 Å². The number of nitrogen functional groups attached to an aromatic ring is 1. The molecule has 0 aliphatic carbocycles. The van der Waals surface area contributed by atoms with Crippen LogP contribution in [0.25, 0.3) is 21.5 Å². The Morgan fingerprint density at radius 3 is 3.07 bits per heavy atom. The van der Waals surface area contributed by atoms with Gasteiger partial charge in [0.2, 0.25) is 5.88 Å². The average molecular weight is 217 g/mol. The Bertz CT molecular complexity index is 614. The van der Waals surface area contributed by atoms with Gasteiger partial charge in [-0.1, -0.05) is 17.3 Å². The summed E-state index contributed by atoms with van der Waals surface area (Å²) in [5.74, 6) is 0.325. The summed E-state index contributed by atoms with van der Waals surface area (Å²) in [5, 5.41) is 3.89. The molecule has 0 aliphatic rings. The highest BCUT2D eigenvalue weighted by Gasteiger charge is 2.09. The van der Waals surface area contributed by atoms with E-state index in [2.05, 4.69) is 10.1 Å². The van der Waals surface area contributed by atoms with Crippen LogP contribution in [-0.2, 0) is 0 Å². The van der Waals surface area contributed by atoms with Crippen molar-refractivity contribution in [3.05, 3.63) is 29.8 Å². The van der Waals surface area contributed by atoms with E-state index in [1.807, 2.05) is 23.7 Å². The quantitative estimate of drug-likeness (QED) is 0.680. The molecule has 74 valence electrons. The first kappa shape index (κ1) is 8.43. The zero-order valence-corrected chi connectivity index (χ0v) is 8.49. The van der Waals surface area contributed by atoms with E-state index in [0.717, 1.165) is 21.5 Å². The van der Waals surface area contributed by atoms with Gasteiger partial charge >= 0.3 is 0 Å². The molecule has 2 N–H and O–H groups in total. The van der Waals surface area contributed by atoms with Crippen LogP contribution in [0.1, 0.15) is 0 Å². The number of benzene rings is 1. The molecular weight excluding hydrogens is 210 g/mol. The first-order chi connectivity index (χ1) is 7.34. The van der Waals surface area contributed by atoms with Crippen molar-refractivity contribution in [3.8, 4) is 11.3 Å². The number of hydrogen-bond acceptors (Lipinski definition) is 5. The average Bonchev–Trinajstić information content (AvgIpc) is 2.84. The van der Waals surface area contributed by atoms with Crippen LogP contribution >= 0.6 is 11.3 Å². The van der Waals surface area contributed by atoms with Gasteiger partial charge in [-0.15, -0.1) is 11.3 Å². The predicted molar refractivity (Wildman–Crippen MR) is 59.5 cm³/mol. The monoisotopic (exact) mass is 217 g/mol. The summed E-state index contributed by atoms with van der Waals surface area (Å²) < 4.78 is 5.96. The maximum Gasteiger partial charge on any atom is 0.222 e. The van der Waals surface area contributed by atoms with E-state index in [0.29, 0.717) is 5.88 Å². The molecule has 5 heteroatoms. The highest BCUT2D eigenvalue weighted by Crippen LogP contribution is 2.30. The summed E-state index contributed by atoms with van der Waals surface area (Å²) in [6.45, 7) is 0. The Kier molecular flexibility index (Phi) is 1.72. The minimum absolute atomic E-state index is 0.325.